The number of rotatable bonds is 8. The highest BCUT2D eigenvalue weighted by atomic mass is 16.6. The van der Waals surface area contributed by atoms with E-state index in [4.69, 9.17) is 4.74 Å². The van der Waals surface area contributed by atoms with Crippen molar-refractivity contribution in [3.05, 3.63) is 75.6 Å². The van der Waals surface area contributed by atoms with Gasteiger partial charge in [-0.15, -0.1) is 5.10 Å². The van der Waals surface area contributed by atoms with Gasteiger partial charge in [0.25, 0.3) is 11.6 Å². The van der Waals surface area contributed by atoms with Gasteiger partial charge in [-0.3, -0.25) is 14.9 Å². The van der Waals surface area contributed by atoms with Crippen molar-refractivity contribution in [2.75, 3.05) is 27.7 Å². The van der Waals surface area contributed by atoms with E-state index in [1.165, 1.54) is 16.8 Å². The number of aromatic nitrogens is 3. The molecular weight excluding hydrogens is 400 g/mol. The molecule has 0 spiro atoms. The van der Waals surface area contributed by atoms with Crippen LogP contribution in [0, 0.1) is 17.0 Å². The molecule has 3 rings (SSSR count). The number of carbonyl (C=O) groups is 1. The van der Waals surface area contributed by atoms with Crippen molar-refractivity contribution < 1.29 is 14.5 Å². The number of nitrogens with one attached hydrogen (secondary N) is 1. The summed E-state index contributed by atoms with van der Waals surface area (Å²) in [4.78, 5) is 25.4. The molecule has 31 heavy (non-hydrogen) atoms. The predicted molar refractivity (Wildman–Crippen MR) is 115 cm³/mol. The van der Waals surface area contributed by atoms with Crippen molar-refractivity contribution in [2.24, 2.45) is 0 Å². The number of benzene rings is 2. The lowest BCUT2D eigenvalue weighted by Gasteiger charge is -2.26. The molecule has 0 aliphatic heterocycles. The number of hydrogen-bond donors (Lipinski definition) is 1. The van der Waals surface area contributed by atoms with Crippen molar-refractivity contribution in [3.8, 4) is 11.4 Å². The number of likely N-dealkylation sites (N-methyl/N-ethyl adjacent to an activating group) is 1. The summed E-state index contributed by atoms with van der Waals surface area (Å²) < 4.78 is 6.86. The first kappa shape index (κ1) is 21.9. The van der Waals surface area contributed by atoms with Crippen molar-refractivity contribution in [1.82, 2.24) is 25.2 Å². The van der Waals surface area contributed by atoms with E-state index in [1.807, 2.05) is 43.3 Å². The first-order chi connectivity index (χ1) is 14.8. The number of amides is 1. The number of hydrogen-bond acceptors (Lipinski definition) is 7. The molecule has 0 saturated heterocycles. The zero-order chi connectivity index (χ0) is 22.5. The molecule has 1 atom stereocenters. The fourth-order valence-corrected chi connectivity index (χ4v) is 3.31. The summed E-state index contributed by atoms with van der Waals surface area (Å²) >= 11 is 0. The van der Waals surface area contributed by atoms with E-state index in [2.05, 4.69) is 15.6 Å². The first-order valence-corrected chi connectivity index (χ1v) is 9.58. The largest absolute Gasteiger partial charge is 0.496 e. The van der Waals surface area contributed by atoms with Crippen LogP contribution >= 0.6 is 0 Å². The van der Waals surface area contributed by atoms with E-state index in [0.29, 0.717) is 17.9 Å². The van der Waals surface area contributed by atoms with Crippen LogP contribution in [0.3, 0.4) is 0 Å². The lowest BCUT2D eigenvalue weighted by molar-refractivity contribution is -0.384. The Morgan fingerprint density at radius 2 is 2.00 bits per heavy atom. The number of nitro groups is 1. The van der Waals surface area contributed by atoms with Crippen LogP contribution in [0.1, 0.15) is 27.8 Å². The second-order valence-corrected chi connectivity index (χ2v) is 7.14. The summed E-state index contributed by atoms with van der Waals surface area (Å²) in [6.45, 7) is 2.02. The van der Waals surface area contributed by atoms with Gasteiger partial charge in [-0.2, -0.15) is 0 Å². The molecule has 1 aromatic heterocycles. The minimum Gasteiger partial charge on any atom is -0.496 e. The van der Waals surface area contributed by atoms with E-state index in [-0.39, 0.29) is 23.3 Å². The molecule has 1 N–H and O–H groups in total. The fraction of sp³-hybridized carbons (Fsp3) is 0.286. The third-order valence-corrected chi connectivity index (χ3v) is 4.97. The van der Waals surface area contributed by atoms with Crippen LogP contribution in [-0.2, 0) is 0 Å². The van der Waals surface area contributed by atoms with Gasteiger partial charge in [0.2, 0.25) is 0 Å². The molecule has 0 fully saturated rings. The maximum absolute atomic E-state index is 12.8. The smallest absolute Gasteiger partial charge is 0.273 e. The molecule has 1 amide bonds. The number of para-hydroxylation sites is 1. The number of non-ortho nitro benzene ring substituents is 1. The molecule has 162 valence electrons. The zero-order valence-electron chi connectivity index (χ0n) is 17.8. The van der Waals surface area contributed by atoms with Crippen LogP contribution in [0.25, 0.3) is 5.69 Å². The third kappa shape index (κ3) is 4.69. The van der Waals surface area contributed by atoms with E-state index >= 15 is 0 Å². The second-order valence-electron chi connectivity index (χ2n) is 7.14. The molecule has 10 nitrogen and oxygen atoms in total. The highest BCUT2D eigenvalue weighted by Crippen LogP contribution is 2.27. The molecule has 0 radical (unpaired) electrons. The number of nitrogens with zero attached hydrogens (tertiary/aromatic N) is 5. The van der Waals surface area contributed by atoms with Gasteiger partial charge in [0.1, 0.15) is 5.75 Å². The topological polar surface area (TPSA) is 115 Å². The zero-order valence-corrected chi connectivity index (χ0v) is 17.8. The Morgan fingerprint density at radius 3 is 2.68 bits per heavy atom. The van der Waals surface area contributed by atoms with Crippen LogP contribution in [0.4, 0.5) is 5.69 Å². The Morgan fingerprint density at radius 1 is 1.26 bits per heavy atom. The molecule has 2 aromatic carbocycles. The predicted octanol–water partition coefficient (Wildman–Crippen LogP) is 2.53. The minimum atomic E-state index is -0.484. The monoisotopic (exact) mass is 424 g/mol. The second kappa shape index (κ2) is 9.35. The van der Waals surface area contributed by atoms with Gasteiger partial charge in [-0.05, 0) is 33.2 Å². The average molecular weight is 424 g/mol. The highest BCUT2D eigenvalue weighted by molar-refractivity contribution is 5.93. The van der Waals surface area contributed by atoms with Gasteiger partial charge in [0.15, 0.2) is 5.69 Å². The summed E-state index contributed by atoms with van der Waals surface area (Å²) in [6.07, 6.45) is 0. The van der Waals surface area contributed by atoms with Crippen LogP contribution in [0.2, 0.25) is 0 Å². The van der Waals surface area contributed by atoms with Crippen molar-refractivity contribution in [3.63, 3.8) is 0 Å². The van der Waals surface area contributed by atoms with Crippen LogP contribution in [-0.4, -0.2) is 58.5 Å². The lowest BCUT2D eigenvalue weighted by atomic mass is 10.0. The number of nitro benzene ring substituents is 1. The molecular formula is C21H24N6O4. The molecule has 0 saturated carbocycles. The Balaban J connectivity index is 1.79. The van der Waals surface area contributed by atoms with E-state index in [9.17, 15) is 14.9 Å². The Labute approximate surface area is 179 Å². The summed E-state index contributed by atoms with van der Waals surface area (Å²) in [7, 11) is 5.46. The van der Waals surface area contributed by atoms with E-state index in [1.54, 1.807) is 26.2 Å². The standard InChI is InChI=1S/C21H24N6O4/c1-14-20(23-24-26(14)15-8-7-9-16(12-15)27(29)30)21(28)22-13-18(25(2)3)17-10-5-6-11-19(17)31-4/h5-12,18H,13H2,1-4H3,(H,22,28). The number of methoxy groups -OCH3 is 1. The minimum absolute atomic E-state index is 0.0657. The first-order valence-electron chi connectivity index (χ1n) is 9.58. The van der Waals surface area contributed by atoms with Crippen molar-refractivity contribution >= 4 is 11.6 Å². The average Bonchev–Trinajstić information content (AvgIpc) is 3.15. The third-order valence-electron chi connectivity index (χ3n) is 4.97. The van der Waals surface area contributed by atoms with Gasteiger partial charge in [0, 0.05) is 24.2 Å². The molecule has 0 aliphatic carbocycles. The fourth-order valence-electron chi connectivity index (χ4n) is 3.31. The molecule has 0 bridgehead atoms. The lowest BCUT2D eigenvalue weighted by Crippen LogP contribution is -2.35. The Kier molecular flexibility index (Phi) is 6.61. The quantitative estimate of drug-likeness (QED) is 0.436. The maximum Gasteiger partial charge on any atom is 0.273 e. The normalized spacial score (nSPS) is 11.9. The molecule has 3 aromatic rings. The molecule has 1 unspecified atom stereocenters. The van der Waals surface area contributed by atoms with Crippen LogP contribution < -0.4 is 10.1 Å². The van der Waals surface area contributed by atoms with Crippen molar-refractivity contribution in [1.29, 1.82) is 0 Å². The SMILES string of the molecule is COc1ccccc1C(CNC(=O)c1nnn(-c2cccc([N+](=O)[O-])c2)c1C)N(C)C. The maximum atomic E-state index is 12.8. The Hall–Kier alpha value is -3.79. The number of carbonyl (C=O) groups excluding carboxylic acids is 1. The van der Waals surface area contributed by atoms with Crippen LogP contribution in [0.15, 0.2) is 48.5 Å². The Bertz CT molecular complexity index is 1090. The summed E-state index contributed by atoms with van der Waals surface area (Å²) in [5.41, 5.74) is 1.98. The van der Waals surface area contributed by atoms with Gasteiger partial charge in [0.05, 0.1) is 29.5 Å². The van der Waals surface area contributed by atoms with Gasteiger partial charge >= 0.3 is 0 Å². The van der Waals surface area contributed by atoms with Gasteiger partial charge in [-0.1, -0.05) is 29.5 Å². The summed E-state index contributed by atoms with van der Waals surface area (Å²) in [5, 5.41) is 21.9. The van der Waals surface area contributed by atoms with Gasteiger partial charge in [-0.25, -0.2) is 4.68 Å². The van der Waals surface area contributed by atoms with E-state index in [0.717, 1.165) is 11.3 Å². The number of ether oxygens (including phenoxy) is 1. The highest BCUT2D eigenvalue weighted by Gasteiger charge is 2.22. The van der Waals surface area contributed by atoms with Crippen molar-refractivity contribution in [2.45, 2.75) is 13.0 Å². The summed E-state index contributed by atoms with van der Waals surface area (Å²) in [5.74, 6) is 0.360. The molecule has 0 aliphatic rings. The van der Waals surface area contributed by atoms with Crippen LogP contribution in [0.5, 0.6) is 5.75 Å². The van der Waals surface area contributed by atoms with Gasteiger partial charge < -0.3 is 15.0 Å². The van der Waals surface area contributed by atoms with E-state index < -0.39 is 4.92 Å². The molecule has 10 heteroatoms. The summed E-state index contributed by atoms with van der Waals surface area (Å²) in [6, 6.07) is 13.5. The molecule has 1 heterocycles.